The Kier molecular flexibility index (Phi) is 4.55. The lowest BCUT2D eigenvalue weighted by atomic mass is 10.0. The summed E-state index contributed by atoms with van der Waals surface area (Å²) in [6, 6.07) is 0.202. The van der Waals surface area contributed by atoms with E-state index in [9.17, 15) is 9.90 Å². The van der Waals surface area contributed by atoms with Gasteiger partial charge in [0.1, 0.15) is 11.7 Å². The highest BCUT2D eigenvalue weighted by Crippen LogP contribution is 2.26. The van der Waals surface area contributed by atoms with Gasteiger partial charge in [-0.25, -0.2) is 14.8 Å². The number of carbonyl (C=O) groups excluding carboxylic acids is 1. The van der Waals surface area contributed by atoms with Crippen molar-refractivity contribution in [3.63, 3.8) is 0 Å². The Bertz CT molecular complexity index is 554. The number of hydrogen-bond acceptors (Lipinski definition) is 6. The zero-order valence-corrected chi connectivity index (χ0v) is 13.8. The predicted molar refractivity (Wildman–Crippen MR) is 82.4 cm³/mol. The molecule has 0 aromatic carbocycles. The van der Waals surface area contributed by atoms with Gasteiger partial charge in [-0.05, 0) is 34.6 Å². The van der Waals surface area contributed by atoms with Gasteiger partial charge < -0.3 is 15.2 Å². The molecule has 1 aliphatic rings. The summed E-state index contributed by atoms with van der Waals surface area (Å²) in [6.07, 6.45) is 0.364. The molecule has 0 saturated heterocycles. The van der Waals surface area contributed by atoms with Crippen LogP contribution in [0.5, 0.6) is 0 Å². The van der Waals surface area contributed by atoms with Gasteiger partial charge in [0.25, 0.3) is 0 Å². The van der Waals surface area contributed by atoms with Gasteiger partial charge in [0.2, 0.25) is 5.95 Å². The first-order valence-electron chi connectivity index (χ1n) is 7.44. The lowest BCUT2D eigenvalue weighted by Gasteiger charge is -2.33. The van der Waals surface area contributed by atoms with Gasteiger partial charge >= 0.3 is 6.09 Å². The quantitative estimate of drug-likeness (QED) is 0.870. The number of carbonyl (C=O) groups is 1. The number of nitrogens with zero attached hydrogens (tertiary/aromatic N) is 3. The van der Waals surface area contributed by atoms with Gasteiger partial charge in [-0.1, -0.05) is 0 Å². The van der Waals surface area contributed by atoms with Crippen molar-refractivity contribution < 1.29 is 14.6 Å². The molecule has 1 aliphatic heterocycles. The van der Waals surface area contributed by atoms with Crippen molar-refractivity contribution in [2.45, 2.75) is 58.9 Å². The van der Waals surface area contributed by atoms with E-state index in [0.717, 1.165) is 0 Å². The molecule has 0 bridgehead atoms. The van der Waals surface area contributed by atoms with Crippen LogP contribution < -0.4 is 5.32 Å². The van der Waals surface area contributed by atoms with Crippen LogP contribution in [0.25, 0.3) is 0 Å². The van der Waals surface area contributed by atoms with Crippen LogP contribution in [0.3, 0.4) is 0 Å². The molecule has 2 heterocycles. The fourth-order valence-electron chi connectivity index (χ4n) is 2.18. The third-order valence-electron chi connectivity index (χ3n) is 3.06. The van der Waals surface area contributed by atoms with Crippen molar-refractivity contribution in [1.29, 1.82) is 0 Å². The molecule has 1 amide bonds. The molecule has 1 aromatic heterocycles. The van der Waals surface area contributed by atoms with Crippen LogP contribution in [0.2, 0.25) is 0 Å². The Morgan fingerprint density at radius 1 is 1.50 bits per heavy atom. The highest BCUT2D eigenvalue weighted by Gasteiger charge is 2.31. The second-order valence-corrected chi connectivity index (χ2v) is 6.77. The van der Waals surface area contributed by atoms with Crippen LogP contribution in [-0.2, 0) is 11.3 Å². The number of β-amino-alcohol motifs (C(OH)–C–C–N with tert-alkyl or cyclic N) is 1. The molecule has 0 aliphatic carbocycles. The minimum atomic E-state index is -0.802. The average molecular weight is 308 g/mol. The number of amides is 1. The number of nitrogens with one attached hydrogen (secondary N) is 1. The number of rotatable bonds is 2. The van der Waals surface area contributed by atoms with Crippen LogP contribution in [0.15, 0.2) is 6.20 Å². The Balaban J connectivity index is 2.18. The van der Waals surface area contributed by atoms with Crippen LogP contribution in [0.1, 0.15) is 52.0 Å². The van der Waals surface area contributed by atoms with Gasteiger partial charge in [-0.3, -0.25) is 4.90 Å². The third-order valence-corrected chi connectivity index (χ3v) is 3.06. The van der Waals surface area contributed by atoms with Crippen molar-refractivity contribution in [3.8, 4) is 0 Å². The van der Waals surface area contributed by atoms with E-state index >= 15 is 0 Å². The van der Waals surface area contributed by atoms with E-state index < -0.39 is 17.8 Å². The molecule has 1 unspecified atom stereocenters. The molecule has 1 aromatic rings. The monoisotopic (exact) mass is 308 g/mol. The van der Waals surface area contributed by atoms with Crippen molar-refractivity contribution >= 4 is 12.0 Å². The molecule has 122 valence electrons. The third kappa shape index (κ3) is 4.07. The number of aliphatic hydroxyl groups excluding tert-OH is 1. The molecule has 2 N–H and O–H groups in total. The molecule has 0 spiro atoms. The van der Waals surface area contributed by atoms with Gasteiger partial charge in [0, 0.05) is 17.8 Å². The van der Waals surface area contributed by atoms with Crippen LogP contribution in [0, 0.1) is 0 Å². The molecule has 7 nitrogen and oxygen atoms in total. The van der Waals surface area contributed by atoms with Gasteiger partial charge in [-0.2, -0.15) is 0 Å². The molecule has 1 atom stereocenters. The van der Waals surface area contributed by atoms with Gasteiger partial charge in [0.05, 0.1) is 18.8 Å². The summed E-state index contributed by atoms with van der Waals surface area (Å²) in [5, 5.41) is 13.3. The maximum absolute atomic E-state index is 12.2. The molecule has 0 radical (unpaired) electrons. The SMILES string of the molecule is CC(C)Nc1ncc2c(n1)CN(C(=O)OC(C)(C)C)CC2O. The lowest BCUT2D eigenvalue weighted by molar-refractivity contribution is 0.00764. The molecule has 7 heteroatoms. The van der Waals surface area contributed by atoms with E-state index in [0.29, 0.717) is 23.8 Å². The molecular formula is C15H24N4O3. The van der Waals surface area contributed by atoms with Crippen molar-refractivity contribution in [3.05, 3.63) is 17.5 Å². The highest BCUT2D eigenvalue weighted by atomic mass is 16.6. The number of anilines is 1. The summed E-state index contributed by atoms with van der Waals surface area (Å²) in [7, 11) is 0. The first-order chi connectivity index (χ1) is 10.2. The van der Waals surface area contributed by atoms with Crippen LogP contribution >= 0.6 is 0 Å². The molecule has 22 heavy (non-hydrogen) atoms. The lowest BCUT2D eigenvalue weighted by Crippen LogP contribution is -2.42. The maximum atomic E-state index is 12.2. The number of ether oxygens (including phenoxy) is 1. The van der Waals surface area contributed by atoms with Crippen LogP contribution in [0.4, 0.5) is 10.7 Å². The predicted octanol–water partition coefficient (Wildman–Crippen LogP) is 2.08. The number of hydrogen-bond donors (Lipinski definition) is 2. The average Bonchev–Trinajstić information content (AvgIpc) is 2.35. The molecule has 2 rings (SSSR count). The first kappa shape index (κ1) is 16.5. The summed E-state index contributed by atoms with van der Waals surface area (Å²) in [4.78, 5) is 22.2. The van der Waals surface area contributed by atoms with E-state index in [1.165, 1.54) is 4.90 Å². The Morgan fingerprint density at radius 2 is 2.18 bits per heavy atom. The highest BCUT2D eigenvalue weighted by molar-refractivity contribution is 5.68. The Hall–Kier alpha value is -1.89. The van der Waals surface area contributed by atoms with E-state index in [4.69, 9.17) is 4.74 Å². The van der Waals surface area contributed by atoms with Gasteiger partial charge in [0.15, 0.2) is 0 Å². The fraction of sp³-hybridized carbons (Fsp3) is 0.667. The topological polar surface area (TPSA) is 87.6 Å². The van der Waals surface area contributed by atoms with E-state index in [-0.39, 0.29) is 12.6 Å². The summed E-state index contributed by atoms with van der Waals surface area (Å²) < 4.78 is 5.35. The Labute approximate surface area is 130 Å². The largest absolute Gasteiger partial charge is 0.444 e. The summed E-state index contributed by atoms with van der Waals surface area (Å²) in [5.41, 5.74) is 0.732. The summed E-state index contributed by atoms with van der Waals surface area (Å²) >= 11 is 0. The van der Waals surface area contributed by atoms with E-state index in [1.54, 1.807) is 6.20 Å². The fourth-order valence-corrected chi connectivity index (χ4v) is 2.18. The first-order valence-corrected chi connectivity index (χ1v) is 7.44. The smallest absolute Gasteiger partial charge is 0.410 e. The van der Waals surface area contributed by atoms with Crippen molar-refractivity contribution in [1.82, 2.24) is 14.9 Å². The number of aliphatic hydroxyl groups is 1. The minimum absolute atomic E-state index is 0.183. The van der Waals surface area contributed by atoms with E-state index in [2.05, 4.69) is 15.3 Å². The molecule has 0 saturated carbocycles. The maximum Gasteiger partial charge on any atom is 0.410 e. The second kappa shape index (κ2) is 6.08. The standard InChI is InChI=1S/C15H24N4O3/c1-9(2)17-13-16-6-10-11(18-13)7-19(8-12(10)20)14(21)22-15(3,4)5/h6,9,12,20H,7-8H2,1-5H3,(H,16,17,18). The van der Waals surface area contributed by atoms with Crippen molar-refractivity contribution in [2.24, 2.45) is 0 Å². The molecular weight excluding hydrogens is 284 g/mol. The number of aromatic nitrogens is 2. The number of fused-ring (bicyclic) bond motifs is 1. The summed E-state index contributed by atoms with van der Waals surface area (Å²) in [6.45, 7) is 9.90. The summed E-state index contributed by atoms with van der Waals surface area (Å²) in [5.74, 6) is 0.493. The zero-order valence-electron chi connectivity index (χ0n) is 13.8. The van der Waals surface area contributed by atoms with Crippen LogP contribution in [-0.4, -0.2) is 44.3 Å². The normalized spacial score (nSPS) is 18.1. The van der Waals surface area contributed by atoms with Crippen molar-refractivity contribution in [2.75, 3.05) is 11.9 Å². The molecule has 0 fully saturated rings. The Morgan fingerprint density at radius 3 is 2.77 bits per heavy atom. The minimum Gasteiger partial charge on any atom is -0.444 e. The second-order valence-electron chi connectivity index (χ2n) is 6.77. The van der Waals surface area contributed by atoms with E-state index in [1.807, 2.05) is 34.6 Å². The van der Waals surface area contributed by atoms with Gasteiger partial charge in [-0.15, -0.1) is 0 Å². The zero-order chi connectivity index (χ0) is 16.5.